The Balaban J connectivity index is 2.04. The Hall–Kier alpha value is -4.10. The first kappa shape index (κ1) is 27.5. The molecular formula is C23H21ClFN3O8S. The number of non-ortho nitro benzene ring substituents is 1. The van der Waals surface area contributed by atoms with Gasteiger partial charge in [0.15, 0.2) is 11.5 Å². The minimum atomic E-state index is -4.45. The van der Waals surface area contributed by atoms with Crippen LogP contribution in [-0.4, -0.2) is 47.1 Å². The maximum Gasteiger partial charge on any atom is 0.271 e. The standard InChI is InChI=1S/C23H21ClFN3O8S/c1-34-20-8-5-15(28(30)31)11-19(20)26-23(29)13-27(14-4-7-18(25)17(24)10-14)37(32,33)16-6-9-21(35-2)22(12-16)36-3/h4-12H,13H2,1-3H3,(H,26,29). The van der Waals surface area contributed by atoms with Gasteiger partial charge in [-0.25, -0.2) is 12.8 Å². The van der Waals surface area contributed by atoms with Gasteiger partial charge in [0, 0.05) is 18.2 Å². The van der Waals surface area contributed by atoms with E-state index in [1.807, 2.05) is 0 Å². The SMILES string of the molecule is COc1ccc([N+](=O)[O-])cc1NC(=O)CN(c1ccc(F)c(Cl)c1)S(=O)(=O)c1ccc(OC)c(OC)c1. The number of sulfonamides is 1. The van der Waals surface area contributed by atoms with Crippen LogP contribution in [0.2, 0.25) is 5.02 Å². The number of carbonyl (C=O) groups is 1. The lowest BCUT2D eigenvalue weighted by atomic mass is 10.2. The fourth-order valence-corrected chi connectivity index (χ4v) is 4.89. The molecule has 3 aromatic carbocycles. The highest BCUT2D eigenvalue weighted by molar-refractivity contribution is 7.92. The first-order chi connectivity index (χ1) is 17.5. The minimum Gasteiger partial charge on any atom is -0.495 e. The number of methoxy groups -OCH3 is 3. The summed E-state index contributed by atoms with van der Waals surface area (Å²) >= 11 is 5.88. The highest BCUT2D eigenvalue weighted by atomic mass is 35.5. The van der Waals surface area contributed by atoms with Crippen molar-refractivity contribution in [3.05, 3.63) is 75.6 Å². The fourth-order valence-electron chi connectivity index (χ4n) is 3.29. The second-order valence-corrected chi connectivity index (χ2v) is 9.59. The molecule has 0 fully saturated rings. The van der Waals surface area contributed by atoms with Gasteiger partial charge in [0.1, 0.15) is 18.1 Å². The maximum absolute atomic E-state index is 13.8. The zero-order valence-electron chi connectivity index (χ0n) is 19.7. The maximum atomic E-state index is 13.8. The third-order valence-electron chi connectivity index (χ3n) is 5.09. The Morgan fingerprint density at radius 2 is 1.65 bits per heavy atom. The van der Waals surface area contributed by atoms with Crippen molar-refractivity contribution in [1.29, 1.82) is 0 Å². The zero-order chi connectivity index (χ0) is 27.3. The van der Waals surface area contributed by atoms with Crippen LogP contribution in [0.5, 0.6) is 17.2 Å². The number of nitro groups is 1. The van der Waals surface area contributed by atoms with Crippen molar-refractivity contribution in [3.8, 4) is 17.2 Å². The highest BCUT2D eigenvalue weighted by Gasteiger charge is 2.29. The van der Waals surface area contributed by atoms with Gasteiger partial charge in [-0.3, -0.25) is 19.2 Å². The van der Waals surface area contributed by atoms with E-state index in [-0.39, 0.29) is 44.2 Å². The summed E-state index contributed by atoms with van der Waals surface area (Å²) in [6.07, 6.45) is 0. The molecule has 0 saturated carbocycles. The Kier molecular flexibility index (Phi) is 8.40. The number of ether oxygens (including phenoxy) is 3. The number of halogens is 2. The average molecular weight is 554 g/mol. The summed E-state index contributed by atoms with van der Waals surface area (Å²) < 4.78 is 57.3. The lowest BCUT2D eigenvalue weighted by molar-refractivity contribution is -0.384. The molecule has 14 heteroatoms. The molecule has 0 radical (unpaired) electrons. The highest BCUT2D eigenvalue weighted by Crippen LogP contribution is 2.34. The molecule has 11 nitrogen and oxygen atoms in total. The van der Waals surface area contributed by atoms with Crippen LogP contribution in [0.3, 0.4) is 0 Å². The number of nitro benzene ring substituents is 1. The number of hydrogen-bond donors (Lipinski definition) is 1. The van der Waals surface area contributed by atoms with Crippen molar-refractivity contribution in [1.82, 2.24) is 0 Å². The Morgan fingerprint density at radius 3 is 2.24 bits per heavy atom. The Morgan fingerprint density at radius 1 is 1.00 bits per heavy atom. The first-order valence-corrected chi connectivity index (χ1v) is 12.2. The summed E-state index contributed by atoms with van der Waals surface area (Å²) in [5.74, 6) is -1.17. The van der Waals surface area contributed by atoms with E-state index in [2.05, 4.69) is 5.32 Å². The molecule has 1 amide bonds. The Bertz CT molecular complexity index is 1450. The predicted octanol–water partition coefficient (Wildman–Crippen LogP) is 4.25. The van der Waals surface area contributed by atoms with Crippen LogP contribution in [-0.2, 0) is 14.8 Å². The van der Waals surface area contributed by atoms with E-state index in [1.165, 1.54) is 51.7 Å². The normalized spacial score (nSPS) is 10.9. The first-order valence-electron chi connectivity index (χ1n) is 10.3. The van der Waals surface area contributed by atoms with E-state index in [9.17, 15) is 27.7 Å². The van der Waals surface area contributed by atoms with Crippen molar-refractivity contribution in [2.75, 3.05) is 37.5 Å². The number of hydrogen-bond acceptors (Lipinski definition) is 8. The molecule has 37 heavy (non-hydrogen) atoms. The molecule has 0 aliphatic heterocycles. The predicted molar refractivity (Wildman–Crippen MR) is 134 cm³/mol. The molecule has 0 unspecified atom stereocenters. The van der Waals surface area contributed by atoms with E-state index in [1.54, 1.807) is 0 Å². The van der Waals surface area contributed by atoms with Gasteiger partial charge in [-0.05, 0) is 36.4 Å². The molecule has 0 spiro atoms. The quantitative estimate of drug-likeness (QED) is 0.290. The molecule has 0 aliphatic rings. The smallest absolute Gasteiger partial charge is 0.271 e. The van der Waals surface area contributed by atoms with Crippen molar-refractivity contribution in [2.45, 2.75) is 4.90 Å². The van der Waals surface area contributed by atoms with Gasteiger partial charge in [-0.15, -0.1) is 0 Å². The molecule has 1 N–H and O–H groups in total. The number of benzene rings is 3. The van der Waals surface area contributed by atoms with E-state index < -0.39 is 33.2 Å². The fraction of sp³-hybridized carbons (Fsp3) is 0.174. The van der Waals surface area contributed by atoms with Crippen LogP contribution in [0.4, 0.5) is 21.5 Å². The number of anilines is 2. The van der Waals surface area contributed by atoms with Gasteiger partial charge in [-0.2, -0.15) is 0 Å². The second kappa shape index (κ2) is 11.3. The van der Waals surface area contributed by atoms with Gasteiger partial charge in [0.2, 0.25) is 5.91 Å². The van der Waals surface area contributed by atoms with Crippen molar-refractivity contribution in [2.24, 2.45) is 0 Å². The van der Waals surface area contributed by atoms with Gasteiger partial charge in [0.25, 0.3) is 15.7 Å². The zero-order valence-corrected chi connectivity index (χ0v) is 21.3. The molecular weight excluding hydrogens is 533 g/mol. The molecule has 0 heterocycles. The summed E-state index contributed by atoms with van der Waals surface area (Å²) in [6, 6.07) is 10.5. The molecule has 0 aliphatic carbocycles. The molecule has 3 rings (SSSR count). The van der Waals surface area contributed by atoms with Crippen molar-refractivity contribution >= 4 is 44.6 Å². The largest absolute Gasteiger partial charge is 0.495 e. The molecule has 0 saturated heterocycles. The van der Waals surface area contributed by atoms with Crippen LogP contribution in [0.25, 0.3) is 0 Å². The molecule has 3 aromatic rings. The number of nitrogens with one attached hydrogen (secondary N) is 1. The van der Waals surface area contributed by atoms with E-state index in [4.69, 9.17) is 25.8 Å². The minimum absolute atomic E-state index is 0.0534. The van der Waals surface area contributed by atoms with Crippen LogP contribution in [0.15, 0.2) is 59.5 Å². The Labute approximate surface area is 216 Å². The van der Waals surface area contributed by atoms with E-state index in [0.29, 0.717) is 4.31 Å². The topological polar surface area (TPSA) is 137 Å². The number of amides is 1. The third-order valence-corrected chi connectivity index (χ3v) is 7.15. The van der Waals surface area contributed by atoms with Crippen LogP contribution in [0.1, 0.15) is 0 Å². The molecule has 196 valence electrons. The van der Waals surface area contributed by atoms with Crippen molar-refractivity contribution < 1.29 is 36.7 Å². The lowest BCUT2D eigenvalue weighted by Gasteiger charge is -2.25. The van der Waals surface area contributed by atoms with Crippen LogP contribution < -0.4 is 23.8 Å². The van der Waals surface area contributed by atoms with E-state index >= 15 is 0 Å². The number of carbonyl (C=O) groups excluding carboxylic acids is 1. The molecule has 0 bridgehead atoms. The molecule has 0 aromatic heterocycles. The third kappa shape index (κ3) is 6.01. The molecule has 0 atom stereocenters. The summed E-state index contributed by atoms with van der Waals surface area (Å²) in [5.41, 5.74) is -0.485. The van der Waals surface area contributed by atoms with Crippen LogP contribution >= 0.6 is 11.6 Å². The summed E-state index contributed by atoms with van der Waals surface area (Å²) in [7, 11) is -0.447. The van der Waals surface area contributed by atoms with E-state index in [0.717, 1.165) is 24.3 Å². The van der Waals surface area contributed by atoms with Gasteiger partial charge >= 0.3 is 0 Å². The lowest BCUT2D eigenvalue weighted by Crippen LogP contribution is -2.38. The van der Waals surface area contributed by atoms with Gasteiger partial charge in [-0.1, -0.05) is 11.6 Å². The van der Waals surface area contributed by atoms with Gasteiger partial charge < -0.3 is 19.5 Å². The van der Waals surface area contributed by atoms with Crippen LogP contribution in [0, 0.1) is 15.9 Å². The summed E-state index contributed by atoms with van der Waals surface area (Å²) in [6.45, 7) is -0.801. The monoisotopic (exact) mass is 553 g/mol. The summed E-state index contributed by atoms with van der Waals surface area (Å²) in [5, 5.41) is 13.2. The number of rotatable bonds is 10. The second-order valence-electron chi connectivity index (χ2n) is 7.32. The van der Waals surface area contributed by atoms with Gasteiger partial charge in [0.05, 0.1) is 47.5 Å². The van der Waals surface area contributed by atoms with Crippen molar-refractivity contribution in [3.63, 3.8) is 0 Å². The summed E-state index contributed by atoms with van der Waals surface area (Å²) in [4.78, 5) is 23.2. The average Bonchev–Trinajstić information content (AvgIpc) is 2.88. The number of nitrogens with zero attached hydrogens (tertiary/aromatic N) is 2.